The summed E-state index contributed by atoms with van der Waals surface area (Å²) < 4.78 is 28.3. The first-order valence-electron chi connectivity index (χ1n) is 6.43. The summed E-state index contributed by atoms with van der Waals surface area (Å²) in [4.78, 5) is 11.8. The molecule has 0 aliphatic heterocycles. The third-order valence-corrected chi connectivity index (χ3v) is 3.27. The molecular weight excluding hydrogens is 347 g/mol. The van der Waals surface area contributed by atoms with E-state index in [4.69, 9.17) is 23.2 Å². The van der Waals surface area contributed by atoms with Crippen LogP contribution in [-0.4, -0.2) is 12.5 Å². The Balaban J connectivity index is 1.97. The van der Waals surface area contributed by atoms with Crippen LogP contribution in [0.15, 0.2) is 48.5 Å². The van der Waals surface area contributed by atoms with E-state index in [1.165, 1.54) is 30.4 Å². The van der Waals surface area contributed by atoms with Crippen LogP contribution in [0.2, 0.25) is 10.0 Å². The van der Waals surface area contributed by atoms with Crippen molar-refractivity contribution in [3.8, 4) is 5.75 Å². The first-order chi connectivity index (χ1) is 10.9. The van der Waals surface area contributed by atoms with Crippen molar-refractivity contribution >= 4 is 40.9 Å². The Morgan fingerprint density at radius 2 is 1.83 bits per heavy atom. The predicted octanol–water partition coefficient (Wildman–Crippen LogP) is 5.25. The van der Waals surface area contributed by atoms with Crippen LogP contribution in [0, 0.1) is 0 Å². The van der Waals surface area contributed by atoms with E-state index in [0.29, 0.717) is 21.3 Å². The summed E-state index contributed by atoms with van der Waals surface area (Å²) >= 11 is 11.7. The summed E-state index contributed by atoms with van der Waals surface area (Å²) in [5.74, 6) is -0.336. The zero-order valence-corrected chi connectivity index (χ0v) is 13.1. The van der Waals surface area contributed by atoms with Crippen LogP contribution < -0.4 is 10.1 Å². The topological polar surface area (TPSA) is 38.3 Å². The molecule has 0 heterocycles. The summed E-state index contributed by atoms with van der Waals surface area (Å²) in [5, 5.41) is 3.40. The second-order valence-electron chi connectivity index (χ2n) is 4.39. The summed E-state index contributed by atoms with van der Waals surface area (Å²) in [6.45, 7) is -2.87. The zero-order valence-electron chi connectivity index (χ0n) is 11.6. The summed E-state index contributed by atoms with van der Waals surface area (Å²) in [7, 11) is 0. The van der Waals surface area contributed by atoms with E-state index in [1.807, 2.05) is 0 Å². The number of alkyl halides is 2. The fourth-order valence-electron chi connectivity index (χ4n) is 1.70. The maximum absolute atomic E-state index is 12.0. The molecule has 0 aromatic heterocycles. The molecule has 0 saturated carbocycles. The van der Waals surface area contributed by atoms with Crippen LogP contribution in [0.4, 0.5) is 14.5 Å². The summed E-state index contributed by atoms with van der Waals surface area (Å²) in [6.07, 6.45) is 2.83. The maximum Gasteiger partial charge on any atom is 0.387 e. The van der Waals surface area contributed by atoms with E-state index < -0.39 is 6.61 Å². The molecule has 0 atom stereocenters. The third-order valence-electron chi connectivity index (χ3n) is 2.72. The maximum atomic E-state index is 12.0. The van der Waals surface area contributed by atoms with Gasteiger partial charge in [-0.3, -0.25) is 4.79 Å². The van der Waals surface area contributed by atoms with E-state index >= 15 is 0 Å². The van der Waals surface area contributed by atoms with Crippen LogP contribution in [0.25, 0.3) is 6.08 Å². The van der Waals surface area contributed by atoms with E-state index in [9.17, 15) is 13.6 Å². The molecule has 1 N–H and O–H groups in total. The molecule has 0 bridgehead atoms. The third kappa shape index (κ3) is 5.54. The van der Waals surface area contributed by atoms with Crippen LogP contribution in [-0.2, 0) is 4.79 Å². The standard InChI is InChI=1S/C16H11Cl2F2NO2/c17-11-4-7-14(13(18)9-11)21-15(22)8-3-10-1-5-12(6-2-10)23-16(19)20/h1-9,16H,(H,21,22)/b8-3+. The quantitative estimate of drug-likeness (QED) is 0.742. The van der Waals surface area contributed by atoms with Crippen molar-refractivity contribution in [2.75, 3.05) is 5.32 Å². The monoisotopic (exact) mass is 357 g/mol. The van der Waals surface area contributed by atoms with E-state index in [1.54, 1.807) is 24.3 Å². The molecule has 0 aliphatic rings. The molecule has 0 unspecified atom stereocenters. The smallest absolute Gasteiger partial charge is 0.387 e. The van der Waals surface area contributed by atoms with Crippen molar-refractivity contribution in [1.29, 1.82) is 0 Å². The fourth-order valence-corrected chi connectivity index (χ4v) is 2.15. The number of carbonyl (C=O) groups is 1. The average Bonchev–Trinajstić information content (AvgIpc) is 2.49. The van der Waals surface area contributed by atoms with Gasteiger partial charge in [0.2, 0.25) is 5.91 Å². The number of rotatable bonds is 5. The lowest BCUT2D eigenvalue weighted by Gasteiger charge is -2.05. The fraction of sp³-hybridized carbons (Fsp3) is 0.0625. The van der Waals surface area contributed by atoms with Gasteiger partial charge in [0, 0.05) is 11.1 Å². The number of nitrogens with one attached hydrogen (secondary N) is 1. The van der Waals surface area contributed by atoms with Gasteiger partial charge < -0.3 is 10.1 Å². The second-order valence-corrected chi connectivity index (χ2v) is 5.24. The van der Waals surface area contributed by atoms with Crippen molar-refractivity contribution in [2.24, 2.45) is 0 Å². The van der Waals surface area contributed by atoms with E-state index in [0.717, 1.165) is 0 Å². The van der Waals surface area contributed by atoms with Crippen LogP contribution in [0.3, 0.4) is 0 Å². The Morgan fingerprint density at radius 1 is 1.13 bits per heavy atom. The van der Waals surface area contributed by atoms with E-state index in [-0.39, 0.29) is 11.7 Å². The number of benzene rings is 2. The predicted molar refractivity (Wildman–Crippen MR) is 87.2 cm³/mol. The highest BCUT2D eigenvalue weighted by Crippen LogP contribution is 2.25. The van der Waals surface area contributed by atoms with E-state index in [2.05, 4.69) is 10.1 Å². The van der Waals surface area contributed by atoms with Crippen molar-refractivity contribution in [3.63, 3.8) is 0 Å². The highest BCUT2D eigenvalue weighted by Gasteiger charge is 2.05. The minimum atomic E-state index is -2.87. The Bertz CT molecular complexity index is 719. The first-order valence-corrected chi connectivity index (χ1v) is 7.18. The Labute approximate surface area is 141 Å². The van der Waals surface area contributed by atoms with Gasteiger partial charge >= 0.3 is 6.61 Å². The molecule has 2 aromatic rings. The van der Waals surface area contributed by atoms with Crippen LogP contribution >= 0.6 is 23.2 Å². The average molecular weight is 358 g/mol. The molecule has 3 nitrogen and oxygen atoms in total. The van der Waals surface area contributed by atoms with Gasteiger partial charge in [0.25, 0.3) is 0 Å². The molecule has 0 radical (unpaired) electrons. The van der Waals surface area contributed by atoms with Crippen molar-refractivity contribution in [3.05, 3.63) is 64.1 Å². The van der Waals surface area contributed by atoms with Gasteiger partial charge in [-0.05, 0) is 42.0 Å². The van der Waals surface area contributed by atoms with Gasteiger partial charge in [-0.2, -0.15) is 8.78 Å². The number of hydrogen-bond donors (Lipinski definition) is 1. The SMILES string of the molecule is O=C(/C=C/c1ccc(OC(F)F)cc1)Nc1ccc(Cl)cc1Cl. The zero-order chi connectivity index (χ0) is 16.8. The molecule has 1 amide bonds. The molecular formula is C16H11Cl2F2NO2. The lowest BCUT2D eigenvalue weighted by Crippen LogP contribution is -2.08. The van der Waals surface area contributed by atoms with Crippen LogP contribution in [0.5, 0.6) is 5.75 Å². The first kappa shape index (κ1) is 17.2. The second kappa shape index (κ2) is 7.94. The molecule has 2 rings (SSSR count). The number of halogens is 4. The number of anilines is 1. The number of hydrogen-bond acceptors (Lipinski definition) is 2. The Hall–Kier alpha value is -2.11. The normalized spacial score (nSPS) is 11.0. The number of amides is 1. The van der Waals surface area contributed by atoms with Gasteiger partial charge in [-0.15, -0.1) is 0 Å². The molecule has 2 aromatic carbocycles. The van der Waals surface area contributed by atoms with Crippen molar-refractivity contribution < 1.29 is 18.3 Å². The van der Waals surface area contributed by atoms with Gasteiger partial charge in [0.05, 0.1) is 10.7 Å². The summed E-state index contributed by atoms with van der Waals surface area (Å²) in [5.41, 5.74) is 1.09. The molecule has 0 fully saturated rings. The molecule has 23 heavy (non-hydrogen) atoms. The summed E-state index contributed by atoms with van der Waals surface area (Å²) in [6, 6.07) is 10.6. The largest absolute Gasteiger partial charge is 0.435 e. The lowest BCUT2D eigenvalue weighted by atomic mass is 10.2. The lowest BCUT2D eigenvalue weighted by molar-refractivity contribution is -0.111. The van der Waals surface area contributed by atoms with Crippen molar-refractivity contribution in [2.45, 2.75) is 6.61 Å². The molecule has 0 saturated heterocycles. The number of carbonyl (C=O) groups excluding carboxylic acids is 1. The highest BCUT2D eigenvalue weighted by molar-refractivity contribution is 6.36. The van der Waals surface area contributed by atoms with Gasteiger partial charge in [0.15, 0.2) is 0 Å². The molecule has 0 aliphatic carbocycles. The molecule has 7 heteroatoms. The molecule has 120 valence electrons. The minimum absolute atomic E-state index is 0.0505. The molecule has 0 spiro atoms. The highest BCUT2D eigenvalue weighted by atomic mass is 35.5. The Kier molecular flexibility index (Phi) is 5.96. The minimum Gasteiger partial charge on any atom is -0.435 e. The van der Waals surface area contributed by atoms with Crippen LogP contribution in [0.1, 0.15) is 5.56 Å². The Morgan fingerprint density at radius 3 is 2.43 bits per heavy atom. The van der Waals surface area contributed by atoms with Gasteiger partial charge in [-0.1, -0.05) is 35.3 Å². The number of ether oxygens (including phenoxy) is 1. The van der Waals surface area contributed by atoms with Gasteiger partial charge in [-0.25, -0.2) is 0 Å². The van der Waals surface area contributed by atoms with Gasteiger partial charge in [0.1, 0.15) is 5.75 Å². The van der Waals surface area contributed by atoms with Crippen molar-refractivity contribution in [1.82, 2.24) is 0 Å².